The third kappa shape index (κ3) is 3.60. The van der Waals surface area contributed by atoms with Gasteiger partial charge in [0.05, 0.1) is 18.8 Å². The Morgan fingerprint density at radius 2 is 2.10 bits per heavy atom. The van der Waals surface area contributed by atoms with Crippen molar-refractivity contribution < 1.29 is 9.53 Å². The highest BCUT2D eigenvalue weighted by Gasteiger charge is 2.17. The summed E-state index contributed by atoms with van der Waals surface area (Å²) in [6.07, 6.45) is 0. The van der Waals surface area contributed by atoms with E-state index in [2.05, 4.69) is 22.4 Å². The summed E-state index contributed by atoms with van der Waals surface area (Å²) in [5.41, 5.74) is 1.05. The Kier molecular flexibility index (Phi) is 5.17. The van der Waals surface area contributed by atoms with E-state index in [0.717, 1.165) is 11.4 Å². The van der Waals surface area contributed by atoms with Crippen LogP contribution in [0.5, 0.6) is 0 Å². The Balaban J connectivity index is 1.92. The fraction of sp³-hybridized carbons (Fsp3) is 0.357. The van der Waals surface area contributed by atoms with Gasteiger partial charge in [-0.2, -0.15) is 0 Å². The van der Waals surface area contributed by atoms with Crippen LogP contribution in [0, 0.1) is 6.92 Å². The number of hydrogen-bond acceptors (Lipinski definition) is 5. The molecule has 0 saturated carbocycles. The zero-order valence-corrected chi connectivity index (χ0v) is 12.4. The number of thioether (sulfide) groups is 1. The standard InChI is InChI=1S/C14H17N3O2S/c1-3-19-14(18)13-11(2)17(16-15-13)9-10-20-12-7-5-4-6-8-12/h4-8H,3,9-10H2,1-2H3. The lowest BCUT2D eigenvalue weighted by molar-refractivity contribution is 0.0518. The van der Waals surface area contributed by atoms with Crippen LogP contribution in [0.1, 0.15) is 23.1 Å². The summed E-state index contributed by atoms with van der Waals surface area (Å²) in [5.74, 6) is 0.461. The van der Waals surface area contributed by atoms with Gasteiger partial charge in [0.2, 0.25) is 0 Å². The Morgan fingerprint density at radius 3 is 2.80 bits per heavy atom. The number of aromatic nitrogens is 3. The summed E-state index contributed by atoms with van der Waals surface area (Å²) in [7, 11) is 0. The van der Waals surface area contributed by atoms with Crippen molar-refractivity contribution in [1.29, 1.82) is 0 Å². The maximum Gasteiger partial charge on any atom is 0.360 e. The van der Waals surface area contributed by atoms with E-state index < -0.39 is 5.97 Å². The molecule has 0 aliphatic heterocycles. The van der Waals surface area contributed by atoms with E-state index in [1.165, 1.54) is 4.90 Å². The van der Waals surface area contributed by atoms with Crippen molar-refractivity contribution >= 4 is 17.7 Å². The van der Waals surface area contributed by atoms with E-state index in [-0.39, 0.29) is 0 Å². The van der Waals surface area contributed by atoms with Gasteiger partial charge in [-0.15, -0.1) is 16.9 Å². The van der Waals surface area contributed by atoms with Crippen LogP contribution < -0.4 is 0 Å². The highest BCUT2D eigenvalue weighted by atomic mass is 32.2. The number of aryl methyl sites for hydroxylation is 1. The Morgan fingerprint density at radius 1 is 1.35 bits per heavy atom. The molecule has 2 aromatic rings. The molecule has 0 saturated heterocycles. The third-order valence-electron chi connectivity index (χ3n) is 2.77. The number of nitrogens with zero attached hydrogens (tertiary/aromatic N) is 3. The second-order valence-corrected chi connectivity index (χ2v) is 5.30. The fourth-order valence-corrected chi connectivity index (χ4v) is 2.58. The number of ether oxygens (including phenoxy) is 1. The van der Waals surface area contributed by atoms with Crippen molar-refractivity contribution in [3.8, 4) is 0 Å². The topological polar surface area (TPSA) is 57.0 Å². The number of benzene rings is 1. The maximum atomic E-state index is 11.6. The first-order valence-electron chi connectivity index (χ1n) is 6.47. The van der Waals surface area contributed by atoms with Gasteiger partial charge in [0, 0.05) is 10.6 Å². The SMILES string of the molecule is CCOC(=O)c1nnn(CCSc2ccccc2)c1C. The van der Waals surface area contributed by atoms with Crippen LogP contribution in [0.3, 0.4) is 0 Å². The van der Waals surface area contributed by atoms with Crippen molar-refractivity contribution in [3.05, 3.63) is 41.7 Å². The molecule has 1 heterocycles. The van der Waals surface area contributed by atoms with Crippen molar-refractivity contribution in [2.75, 3.05) is 12.4 Å². The summed E-state index contributed by atoms with van der Waals surface area (Å²) in [4.78, 5) is 12.8. The zero-order valence-electron chi connectivity index (χ0n) is 11.6. The zero-order chi connectivity index (χ0) is 14.4. The van der Waals surface area contributed by atoms with E-state index in [4.69, 9.17) is 4.74 Å². The number of rotatable bonds is 6. The predicted octanol–water partition coefficient (Wildman–Crippen LogP) is 2.56. The van der Waals surface area contributed by atoms with Crippen molar-refractivity contribution in [2.45, 2.75) is 25.3 Å². The quantitative estimate of drug-likeness (QED) is 0.605. The first kappa shape index (κ1) is 14.6. The highest BCUT2D eigenvalue weighted by Crippen LogP contribution is 2.17. The van der Waals surface area contributed by atoms with Crippen LogP contribution in [0.2, 0.25) is 0 Å². The largest absolute Gasteiger partial charge is 0.461 e. The Labute approximate surface area is 122 Å². The molecule has 0 unspecified atom stereocenters. The average molecular weight is 291 g/mol. The van der Waals surface area contributed by atoms with Gasteiger partial charge in [-0.05, 0) is 26.0 Å². The van der Waals surface area contributed by atoms with Gasteiger partial charge in [0.25, 0.3) is 0 Å². The molecule has 2 rings (SSSR count). The first-order valence-corrected chi connectivity index (χ1v) is 7.46. The van der Waals surface area contributed by atoms with Gasteiger partial charge < -0.3 is 4.74 Å². The minimum atomic E-state index is -0.410. The molecule has 0 bridgehead atoms. The van der Waals surface area contributed by atoms with Crippen molar-refractivity contribution in [3.63, 3.8) is 0 Å². The van der Waals surface area contributed by atoms with Gasteiger partial charge in [-0.3, -0.25) is 0 Å². The highest BCUT2D eigenvalue weighted by molar-refractivity contribution is 7.99. The molecule has 0 N–H and O–H groups in total. The Bertz CT molecular complexity index is 569. The van der Waals surface area contributed by atoms with E-state index in [9.17, 15) is 4.79 Å². The lowest BCUT2D eigenvalue weighted by Gasteiger charge is -2.04. The number of carbonyl (C=O) groups excluding carboxylic acids is 1. The molecule has 1 aromatic heterocycles. The van der Waals surface area contributed by atoms with Gasteiger partial charge >= 0.3 is 5.97 Å². The number of esters is 1. The second kappa shape index (κ2) is 7.09. The lowest BCUT2D eigenvalue weighted by Crippen LogP contribution is -2.09. The summed E-state index contributed by atoms with van der Waals surface area (Å²) in [6.45, 7) is 4.65. The van der Waals surface area contributed by atoms with E-state index in [1.807, 2.05) is 25.1 Å². The Hall–Kier alpha value is -1.82. The first-order chi connectivity index (χ1) is 9.72. The van der Waals surface area contributed by atoms with Crippen LogP contribution in [0.25, 0.3) is 0 Å². The predicted molar refractivity (Wildman–Crippen MR) is 77.9 cm³/mol. The van der Waals surface area contributed by atoms with E-state index in [0.29, 0.717) is 18.8 Å². The minimum Gasteiger partial charge on any atom is -0.461 e. The molecule has 0 amide bonds. The third-order valence-corrected chi connectivity index (χ3v) is 3.76. The van der Waals surface area contributed by atoms with Crippen LogP contribution in [-0.2, 0) is 11.3 Å². The molecular weight excluding hydrogens is 274 g/mol. The van der Waals surface area contributed by atoms with Gasteiger partial charge in [0.1, 0.15) is 0 Å². The van der Waals surface area contributed by atoms with Gasteiger partial charge in [-0.1, -0.05) is 23.4 Å². The summed E-state index contributed by atoms with van der Waals surface area (Å²) < 4.78 is 6.67. The normalized spacial score (nSPS) is 10.5. The number of hydrogen-bond donors (Lipinski definition) is 0. The second-order valence-electron chi connectivity index (χ2n) is 4.13. The van der Waals surface area contributed by atoms with Crippen LogP contribution >= 0.6 is 11.8 Å². The van der Waals surface area contributed by atoms with Gasteiger partial charge in [-0.25, -0.2) is 9.48 Å². The summed E-state index contributed by atoms with van der Waals surface area (Å²) in [6, 6.07) is 10.2. The van der Waals surface area contributed by atoms with Crippen molar-refractivity contribution in [1.82, 2.24) is 15.0 Å². The summed E-state index contributed by atoms with van der Waals surface area (Å²) >= 11 is 1.75. The monoisotopic (exact) mass is 291 g/mol. The van der Waals surface area contributed by atoms with Crippen LogP contribution in [-0.4, -0.2) is 33.3 Å². The summed E-state index contributed by atoms with van der Waals surface area (Å²) in [5, 5.41) is 7.89. The molecule has 5 nitrogen and oxygen atoms in total. The minimum absolute atomic E-state index is 0.302. The van der Waals surface area contributed by atoms with Gasteiger partial charge in [0.15, 0.2) is 5.69 Å². The molecule has 0 aliphatic rings. The molecule has 1 aromatic carbocycles. The lowest BCUT2D eigenvalue weighted by atomic mass is 10.3. The molecule has 0 spiro atoms. The molecule has 0 radical (unpaired) electrons. The van der Waals surface area contributed by atoms with Crippen molar-refractivity contribution in [2.24, 2.45) is 0 Å². The average Bonchev–Trinajstić information content (AvgIpc) is 2.82. The molecule has 6 heteroatoms. The number of carbonyl (C=O) groups is 1. The molecule has 0 atom stereocenters. The molecular formula is C14H17N3O2S. The molecule has 0 aliphatic carbocycles. The maximum absolute atomic E-state index is 11.6. The van der Waals surface area contributed by atoms with Crippen LogP contribution in [0.15, 0.2) is 35.2 Å². The molecule has 20 heavy (non-hydrogen) atoms. The fourth-order valence-electron chi connectivity index (χ4n) is 1.73. The molecule has 106 valence electrons. The van der Waals surface area contributed by atoms with E-state index in [1.54, 1.807) is 23.4 Å². The smallest absolute Gasteiger partial charge is 0.360 e. The van der Waals surface area contributed by atoms with Crippen LogP contribution in [0.4, 0.5) is 0 Å². The molecule has 0 fully saturated rings. The van der Waals surface area contributed by atoms with E-state index >= 15 is 0 Å².